The third kappa shape index (κ3) is 3.82. The first-order chi connectivity index (χ1) is 11.7. The predicted octanol–water partition coefficient (Wildman–Crippen LogP) is 2.04. The minimum atomic E-state index is -0.0178. The van der Waals surface area contributed by atoms with Crippen molar-refractivity contribution in [1.82, 2.24) is 25.2 Å². The number of nitrogens with one attached hydrogen (secondary N) is 1. The van der Waals surface area contributed by atoms with E-state index in [0.717, 1.165) is 50.3 Å². The number of hydrogen-bond acceptors (Lipinski definition) is 4. The standard InChI is InChI=1S/C18H25N5O/c1-3-19-12-15-7-9-22(10-8-15)18(24)17-13-23(21-20-17)16-6-4-5-14(2)11-16/h4-6,11,13,15,19H,3,7-10,12H2,1-2H3. The lowest BCUT2D eigenvalue weighted by Gasteiger charge is -2.31. The number of carbonyl (C=O) groups is 1. The first-order valence-electron chi connectivity index (χ1n) is 8.66. The van der Waals surface area contributed by atoms with Gasteiger partial charge in [-0.15, -0.1) is 5.10 Å². The van der Waals surface area contributed by atoms with E-state index in [9.17, 15) is 4.79 Å². The molecule has 1 fully saturated rings. The summed E-state index contributed by atoms with van der Waals surface area (Å²) in [6.45, 7) is 7.79. The third-order valence-corrected chi connectivity index (χ3v) is 4.56. The average molecular weight is 327 g/mol. The normalized spacial score (nSPS) is 15.7. The number of amides is 1. The monoisotopic (exact) mass is 327 g/mol. The van der Waals surface area contributed by atoms with Crippen LogP contribution in [0, 0.1) is 12.8 Å². The lowest BCUT2D eigenvalue weighted by atomic mass is 9.96. The van der Waals surface area contributed by atoms with Crippen LogP contribution in [0.2, 0.25) is 0 Å². The summed E-state index contributed by atoms with van der Waals surface area (Å²) in [4.78, 5) is 14.5. The van der Waals surface area contributed by atoms with E-state index in [1.165, 1.54) is 0 Å². The lowest BCUT2D eigenvalue weighted by Crippen LogP contribution is -2.40. The van der Waals surface area contributed by atoms with Crippen molar-refractivity contribution < 1.29 is 4.79 Å². The van der Waals surface area contributed by atoms with Gasteiger partial charge in [-0.05, 0) is 56.5 Å². The van der Waals surface area contributed by atoms with Gasteiger partial charge in [0.2, 0.25) is 0 Å². The van der Waals surface area contributed by atoms with Crippen LogP contribution < -0.4 is 5.32 Å². The number of benzene rings is 1. The van der Waals surface area contributed by atoms with E-state index in [-0.39, 0.29) is 5.91 Å². The van der Waals surface area contributed by atoms with Crippen LogP contribution in [0.1, 0.15) is 35.8 Å². The van der Waals surface area contributed by atoms with Crippen LogP contribution in [-0.2, 0) is 0 Å². The molecule has 3 rings (SSSR count). The van der Waals surface area contributed by atoms with Crippen LogP contribution in [0.5, 0.6) is 0 Å². The molecule has 0 saturated carbocycles. The van der Waals surface area contributed by atoms with Gasteiger partial charge < -0.3 is 10.2 Å². The third-order valence-electron chi connectivity index (χ3n) is 4.56. The van der Waals surface area contributed by atoms with Gasteiger partial charge in [0.1, 0.15) is 0 Å². The Hall–Kier alpha value is -2.21. The summed E-state index contributed by atoms with van der Waals surface area (Å²) >= 11 is 0. The molecule has 0 unspecified atom stereocenters. The maximum atomic E-state index is 12.6. The van der Waals surface area contributed by atoms with Crippen LogP contribution >= 0.6 is 0 Å². The Bertz CT molecular complexity index is 688. The second-order valence-corrected chi connectivity index (χ2v) is 6.43. The molecule has 1 aromatic heterocycles. The van der Waals surface area contributed by atoms with Crippen molar-refractivity contribution in [3.05, 3.63) is 41.7 Å². The van der Waals surface area contributed by atoms with E-state index in [4.69, 9.17) is 0 Å². The zero-order valence-electron chi connectivity index (χ0n) is 14.4. The van der Waals surface area contributed by atoms with E-state index in [1.807, 2.05) is 36.1 Å². The number of aryl methyl sites for hydroxylation is 1. The van der Waals surface area contributed by atoms with E-state index < -0.39 is 0 Å². The summed E-state index contributed by atoms with van der Waals surface area (Å²) in [7, 11) is 0. The second-order valence-electron chi connectivity index (χ2n) is 6.43. The van der Waals surface area contributed by atoms with Gasteiger partial charge in [-0.2, -0.15) is 0 Å². The Morgan fingerprint density at radius 2 is 2.12 bits per heavy atom. The maximum Gasteiger partial charge on any atom is 0.276 e. The molecule has 1 N–H and O–H groups in total. The number of hydrogen-bond donors (Lipinski definition) is 1. The first-order valence-corrected chi connectivity index (χ1v) is 8.66. The van der Waals surface area contributed by atoms with Crippen LogP contribution in [0.4, 0.5) is 0 Å². The zero-order valence-corrected chi connectivity index (χ0v) is 14.4. The number of likely N-dealkylation sites (tertiary alicyclic amines) is 1. The van der Waals surface area contributed by atoms with E-state index in [2.05, 4.69) is 22.6 Å². The molecule has 6 nitrogen and oxygen atoms in total. The molecule has 2 heterocycles. The molecule has 24 heavy (non-hydrogen) atoms. The molecule has 0 atom stereocenters. The molecule has 1 aliphatic rings. The summed E-state index contributed by atoms with van der Waals surface area (Å²) < 4.78 is 1.66. The second kappa shape index (κ2) is 7.57. The topological polar surface area (TPSA) is 63.1 Å². The predicted molar refractivity (Wildman–Crippen MR) is 93.3 cm³/mol. The lowest BCUT2D eigenvalue weighted by molar-refractivity contribution is 0.0684. The molecule has 2 aromatic rings. The van der Waals surface area contributed by atoms with Crippen LogP contribution in [-0.4, -0.2) is 52.0 Å². The zero-order chi connectivity index (χ0) is 16.9. The van der Waals surface area contributed by atoms with Gasteiger partial charge in [0.25, 0.3) is 5.91 Å². The number of piperidine rings is 1. The minimum absolute atomic E-state index is 0.0178. The quantitative estimate of drug-likeness (QED) is 0.913. The van der Waals surface area contributed by atoms with Crippen LogP contribution in [0.15, 0.2) is 30.5 Å². The molecule has 1 aromatic carbocycles. The number of carbonyl (C=O) groups excluding carboxylic acids is 1. The van der Waals surface area contributed by atoms with Crippen molar-refractivity contribution in [2.45, 2.75) is 26.7 Å². The highest BCUT2D eigenvalue weighted by Crippen LogP contribution is 2.18. The van der Waals surface area contributed by atoms with Crippen LogP contribution in [0.3, 0.4) is 0 Å². The fourth-order valence-corrected chi connectivity index (χ4v) is 3.11. The van der Waals surface area contributed by atoms with Crippen molar-refractivity contribution >= 4 is 5.91 Å². The highest BCUT2D eigenvalue weighted by molar-refractivity contribution is 5.92. The van der Waals surface area contributed by atoms with E-state index in [1.54, 1.807) is 10.9 Å². The van der Waals surface area contributed by atoms with Gasteiger partial charge in [-0.1, -0.05) is 24.3 Å². The van der Waals surface area contributed by atoms with E-state index >= 15 is 0 Å². The van der Waals surface area contributed by atoms with Crippen molar-refractivity contribution in [3.63, 3.8) is 0 Å². The molecular weight excluding hydrogens is 302 g/mol. The van der Waals surface area contributed by atoms with Crippen molar-refractivity contribution in [2.75, 3.05) is 26.2 Å². The minimum Gasteiger partial charge on any atom is -0.337 e. The van der Waals surface area contributed by atoms with Gasteiger partial charge in [0, 0.05) is 13.1 Å². The maximum absolute atomic E-state index is 12.6. The summed E-state index contributed by atoms with van der Waals surface area (Å²) in [6.07, 6.45) is 3.82. The molecule has 6 heteroatoms. The summed E-state index contributed by atoms with van der Waals surface area (Å²) in [5.74, 6) is 0.646. The molecule has 128 valence electrons. The largest absolute Gasteiger partial charge is 0.337 e. The highest BCUT2D eigenvalue weighted by Gasteiger charge is 2.25. The smallest absolute Gasteiger partial charge is 0.276 e. The first kappa shape index (κ1) is 16.6. The SMILES string of the molecule is CCNCC1CCN(C(=O)c2cn(-c3cccc(C)c3)nn2)CC1. The van der Waals surface area contributed by atoms with Crippen molar-refractivity contribution in [2.24, 2.45) is 5.92 Å². The summed E-state index contributed by atoms with van der Waals surface area (Å²) in [6, 6.07) is 7.99. The molecule has 1 amide bonds. The Balaban J connectivity index is 1.62. The van der Waals surface area contributed by atoms with Gasteiger partial charge >= 0.3 is 0 Å². The molecule has 1 saturated heterocycles. The van der Waals surface area contributed by atoms with Crippen LogP contribution in [0.25, 0.3) is 5.69 Å². The fourth-order valence-electron chi connectivity index (χ4n) is 3.11. The molecule has 0 radical (unpaired) electrons. The molecule has 0 aliphatic carbocycles. The molecule has 0 spiro atoms. The number of nitrogens with zero attached hydrogens (tertiary/aromatic N) is 4. The Kier molecular flexibility index (Phi) is 5.25. The molecular formula is C18H25N5O. The Morgan fingerprint density at radius 3 is 2.83 bits per heavy atom. The fraction of sp³-hybridized carbons (Fsp3) is 0.500. The van der Waals surface area contributed by atoms with Gasteiger partial charge in [0.15, 0.2) is 5.69 Å². The van der Waals surface area contributed by atoms with Crippen molar-refractivity contribution in [3.8, 4) is 5.69 Å². The number of rotatable bonds is 5. The molecule has 0 bridgehead atoms. The van der Waals surface area contributed by atoms with Crippen molar-refractivity contribution in [1.29, 1.82) is 0 Å². The summed E-state index contributed by atoms with van der Waals surface area (Å²) in [5, 5.41) is 11.6. The Morgan fingerprint density at radius 1 is 1.33 bits per heavy atom. The van der Waals surface area contributed by atoms with Gasteiger partial charge in [-0.3, -0.25) is 4.79 Å². The highest BCUT2D eigenvalue weighted by atomic mass is 16.2. The Labute approximate surface area is 142 Å². The summed E-state index contributed by atoms with van der Waals surface area (Å²) in [5.41, 5.74) is 2.49. The van der Waals surface area contributed by atoms with E-state index in [0.29, 0.717) is 11.6 Å². The average Bonchev–Trinajstić information content (AvgIpc) is 3.10. The van der Waals surface area contributed by atoms with Gasteiger partial charge in [-0.25, -0.2) is 4.68 Å². The number of aromatic nitrogens is 3. The molecule has 1 aliphatic heterocycles. The van der Waals surface area contributed by atoms with Gasteiger partial charge in [0.05, 0.1) is 11.9 Å².